The van der Waals surface area contributed by atoms with Gasteiger partial charge in [0.15, 0.2) is 0 Å². The fourth-order valence-electron chi connectivity index (χ4n) is 3.32. The average molecular weight is 345 g/mol. The first-order valence-electron chi connectivity index (χ1n) is 8.34. The van der Waals surface area contributed by atoms with Crippen molar-refractivity contribution in [3.63, 3.8) is 0 Å². The summed E-state index contributed by atoms with van der Waals surface area (Å²) in [4.78, 5) is 14.9. The standard InChI is InChI=1S/C20H24N2O.ClH/c21-19-12-11-18(13-19)20(23)22(14-16-7-3-1-4-8-16)15-17-9-5-2-6-10-17;/h1-10,18-19H,11-15,21H2;1H. The lowest BCUT2D eigenvalue weighted by Gasteiger charge is -2.26. The molecule has 2 N–H and O–H groups in total. The largest absolute Gasteiger partial charge is 0.334 e. The highest BCUT2D eigenvalue weighted by Crippen LogP contribution is 2.27. The van der Waals surface area contributed by atoms with Crippen LogP contribution in [0.4, 0.5) is 0 Å². The third kappa shape index (κ3) is 4.83. The van der Waals surface area contributed by atoms with Gasteiger partial charge in [-0.25, -0.2) is 0 Å². The van der Waals surface area contributed by atoms with Crippen LogP contribution >= 0.6 is 12.4 Å². The van der Waals surface area contributed by atoms with Crippen LogP contribution in [0.5, 0.6) is 0 Å². The lowest BCUT2D eigenvalue weighted by Crippen LogP contribution is -2.35. The zero-order valence-corrected chi connectivity index (χ0v) is 14.6. The summed E-state index contributed by atoms with van der Waals surface area (Å²) in [6.07, 6.45) is 2.69. The number of rotatable bonds is 5. The Bertz CT molecular complexity index is 591. The summed E-state index contributed by atoms with van der Waals surface area (Å²) in [6, 6.07) is 20.6. The van der Waals surface area contributed by atoms with E-state index in [1.807, 2.05) is 41.3 Å². The minimum atomic E-state index is 0. The van der Waals surface area contributed by atoms with Crippen LogP contribution in [0, 0.1) is 5.92 Å². The molecule has 0 spiro atoms. The van der Waals surface area contributed by atoms with Gasteiger partial charge in [0.05, 0.1) is 0 Å². The van der Waals surface area contributed by atoms with E-state index in [1.165, 1.54) is 11.1 Å². The van der Waals surface area contributed by atoms with Gasteiger partial charge < -0.3 is 10.6 Å². The smallest absolute Gasteiger partial charge is 0.226 e. The van der Waals surface area contributed by atoms with E-state index in [-0.39, 0.29) is 30.3 Å². The first-order chi connectivity index (χ1) is 11.2. The maximum absolute atomic E-state index is 13.0. The first kappa shape index (κ1) is 18.5. The molecule has 2 aromatic carbocycles. The molecule has 3 rings (SSSR count). The monoisotopic (exact) mass is 344 g/mol. The van der Waals surface area contributed by atoms with E-state index in [0.717, 1.165) is 19.3 Å². The molecular weight excluding hydrogens is 320 g/mol. The second-order valence-corrected chi connectivity index (χ2v) is 6.44. The SMILES string of the molecule is Cl.NC1CCC(C(=O)N(Cc2ccccc2)Cc2ccccc2)C1. The Morgan fingerprint density at radius 2 is 1.42 bits per heavy atom. The maximum Gasteiger partial charge on any atom is 0.226 e. The van der Waals surface area contributed by atoms with Crippen LogP contribution in [0.1, 0.15) is 30.4 Å². The molecule has 0 radical (unpaired) electrons. The van der Waals surface area contributed by atoms with Crippen LogP contribution in [0.25, 0.3) is 0 Å². The minimum absolute atomic E-state index is 0. The van der Waals surface area contributed by atoms with Crippen LogP contribution in [-0.2, 0) is 17.9 Å². The molecule has 3 nitrogen and oxygen atoms in total. The summed E-state index contributed by atoms with van der Waals surface area (Å²) in [5.41, 5.74) is 8.33. The van der Waals surface area contributed by atoms with Gasteiger partial charge in [-0.05, 0) is 30.4 Å². The Kier molecular flexibility index (Phi) is 6.83. The number of halogens is 1. The molecule has 2 aromatic rings. The maximum atomic E-state index is 13.0. The summed E-state index contributed by atoms with van der Waals surface area (Å²) in [7, 11) is 0. The number of nitrogens with zero attached hydrogens (tertiary/aromatic N) is 1. The molecule has 0 heterocycles. The predicted octanol–water partition coefficient (Wildman–Crippen LogP) is 3.76. The van der Waals surface area contributed by atoms with Crippen LogP contribution in [0.2, 0.25) is 0 Å². The summed E-state index contributed by atoms with van der Waals surface area (Å²) >= 11 is 0. The molecule has 1 fully saturated rings. The third-order valence-electron chi connectivity index (χ3n) is 4.57. The van der Waals surface area contributed by atoms with Gasteiger partial charge in [0.25, 0.3) is 0 Å². The molecule has 1 amide bonds. The highest BCUT2D eigenvalue weighted by atomic mass is 35.5. The van der Waals surface area contributed by atoms with Gasteiger partial charge in [-0.3, -0.25) is 4.79 Å². The zero-order chi connectivity index (χ0) is 16.1. The minimum Gasteiger partial charge on any atom is -0.334 e. The number of carbonyl (C=O) groups excluding carboxylic acids is 1. The fraction of sp³-hybridized carbons (Fsp3) is 0.350. The number of hydrogen-bond acceptors (Lipinski definition) is 2. The van der Waals surface area contributed by atoms with Gasteiger partial charge in [-0.2, -0.15) is 0 Å². The number of hydrogen-bond donors (Lipinski definition) is 1. The number of benzene rings is 2. The van der Waals surface area contributed by atoms with Gasteiger partial charge in [-0.15, -0.1) is 12.4 Å². The molecule has 1 aliphatic carbocycles. The van der Waals surface area contributed by atoms with Gasteiger partial charge in [0, 0.05) is 25.0 Å². The molecule has 0 aromatic heterocycles. The van der Waals surface area contributed by atoms with Crippen molar-refractivity contribution in [2.45, 2.75) is 38.4 Å². The fourth-order valence-corrected chi connectivity index (χ4v) is 3.32. The van der Waals surface area contributed by atoms with Crippen LogP contribution in [-0.4, -0.2) is 16.8 Å². The molecule has 2 unspecified atom stereocenters. The summed E-state index contributed by atoms with van der Waals surface area (Å²) in [5.74, 6) is 0.322. The Morgan fingerprint density at radius 1 is 0.917 bits per heavy atom. The van der Waals surface area contributed by atoms with Gasteiger partial charge in [0.2, 0.25) is 5.91 Å². The van der Waals surface area contributed by atoms with E-state index >= 15 is 0 Å². The Morgan fingerprint density at radius 3 is 1.83 bits per heavy atom. The molecule has 24 heavy (non-hydrogen) atoms. The van der Waals surface area contributed by atoms with E-state index in [4.69, 9.17) is 5.73 Å². The molecular formula is C20H25ClN2O. The Hall–Kier alpha value is -1.84. The van der Waals surface area contributed by atoms with Crippen LogP contribution in [0.15, 0.2) is 60.7 Å². The van der Waals surface area contributed by atoms with E-state index in [2.05, 4.69) is 24.3 Å². The second-order valence-electron chi connectivity index (χ2n) is 6.44. The van der Waals surface area contributed by atoms with E-state index in [0.29, 0.717) is 13.1 Å². The molecule has 0 bridgehead atoms. The molecule has 0 aliphatic heterocycles. The number of carbonyl (C=O) groups is 1. The summed E-state index contributed by atoms with van der Waals surface area (Å²) in [5, 5.41) is 0. The highest BCUT2D eigenvalue weighted by Gasteiger charge is 2.31. The Labute approximate surface area is 150 Å². The lowest BCUT2D eigenvalue weighted by atomic mass is 10.0. The van der Waals surface area contributed by atoms with Gasteiger partial charge in [0.1, 0.15) is 0 Å². The first-order valence-corrected chi connectivity index (χ1v) is 8.34. The van der Waals surface area contributed by atoms with Crippen LogP contribution < -0.4 is 5.73 Å². The third-order valence-corrected chi connectivity index (χ3v) is 4.57. The topological polar surface area (TPSA) is 46.3 Å². The molecule has 0 saturated heterocycles. The highest BCUT2D eigenvalue weighted by molar-refractivity contribution is 5.85. The van der Waals surface area contributed by atoms with E-state index in [9.17, 15) is 4.79 Å². The van der Waals surface area contributed by atoms with Crippen molar-refractivity contribution in [1.29, 1.82) is 0 Å². The molecule has 1 saturated carbocycles. The second kappa shape index (κ2) is 8.86. The molecule has 4 heteroatoms. The van der Waals surface area contributed by atoms with E-state index in [1.54, 1.807) is 0 Å². The van der Waals surface area contributed by atoms with E-state index < -0.39 is 0 Å². The zero-order valence-electron chi connectivity index (χ0n) is 13.8. The van der Waals surface area contributed by atoms with Crippen molar-refractivity contribution in [2.24, 2.45) is 11.7 Å². The Balaban J connectivity index is 0.00000208. The predicted molar refractivity (Wildman–Crippen MR) is 99.7 cm³/mol. The van der Waals surface area contributed by atoms with Crippen molar-refractivity contribution in [3.8, 4) is 0 Å². The van der Waals surface area contributed by atoms with Gasteiger partial charge >= 0.3 is 0 Å². The van der Waals surface area contributed by atoms with Crippen LogP contribution in [0.3, 0.4) is 0 Å². The van der Waals surface area contributed by atoms with Gasteiger partial charge in [-0.1, -0.05) is 60.7 Å². The quantitative estimate of drug-likeness (QED) is 0.897. The number of amides is 1. The summed E-state index contributed by atoms with van der Waals surface area (Å²) in [6.45, 7) is 1.31. The van der Waals surface area contributed by atoms with Crippen molar-refractivity contribution >= 4 is 18.3 Å². The van der Waals surface area contributed by atoms with Crippen molar-refractivity contribution in [1.82, 2.24) is 4.90 Å². The summed E-state index contributed by atoms with van der Waals surface area (Å²) < 4.78 is 0. The average Bonchev–Trinajstić information content (AvgIpc) is 3.02. The van der Waals surface area contributed by atoms with Crippen molar-refractivity contribution in [2.75, 3.05) is 0 Å². The lowest BCUT2D eigenvalue weighted by molar-refractivity contribution is -0.136. The number of nitrogens with two attached hydrogens (primary N) is 1. The molecule has 2 atom stereocenters. The normalized spacial score (nSPS) is 19.5. The molecule has 128 valence electrons. The van der Waals surface area contributed by atoms with Crippen molar-refractivity contribution < 1.29 is 4.79 Å². The van der Waals surface area contributed by atoms with Crippen molar-refractivity contribution in [3.05, 3.63) is 71.8 Å². The molecule has 1 aliphatic rings.